The summed E-state index contributed by atoms with van der Waals surface area (Å²) >= 11 is 1.37. The second kappa shape index (κ2) is 6.35. The molecule has 0 aromatic heterocycles. The fourth-order valence-corrected chi connectivity index (χ4v) is 2.34. The van der Waals surface area contributed by atoms with Crippen molar-refractivity contribution in [1.82, 2.24) is 5.32 Å². The molecule has 1 unspecified atom stereocenters. The number of alkyl halides is 3. The number of carbonyl (C=O) groups excluding carboxylic acids is 1. The first-order valence-corrected chi connectivity index (χ1v) is 7.28. The van der Waals surface area contributed by atoms with Gasteiger partial charge in [0.1, 0.15) is 0 Å². The Hall–Kier alpha value is -1.74. The van der Waals surface area contributed by atoms with Crippen LogP contribution in [0.15, 0.2) is 42.5 Å². The van der Waals surface area contributed by atoms with Crippen molar-refractivity contribution in [1.29, 1.82) is 0 Å². The van der Waals surface area contributed by atoms with Gasteiger partial charge in [0.25, 0.3) is 0 Å². The van der Waals surface area contributed by atoms with Crippen molar-refractivity contribution in [3.8, 4) is 0 Å². The van der Waals surface area contributed by atoms with Crippen LogP contribution < -0.4 is 9.67 Å². The van der Waals surface area contributed by atoms with Gasteiger partial charge in [0.15, 0.2) is 0 Å². The molecule has 0 aliphatic rings. The van der Waals surface area contributed by atoms with E-state index in [1.54, 1.807) is 24.3 Å². The maximum atomic E-state index is 12.6. The Kier molecular flexibility index (Phi) is 4.73. The third-order valence-corrected chi connectivity index (χ3v) is 3.48. The molecule has 2 aromatic rings. The first-order chi connectivity index (χ1) is 9.86. The van der Waals surface area contributed by atoms with E-state index in [1.807, 2.05) is 0 Å². The summed E-state index contributed by atoms with van der Waals surface area (Å²) in [5.41, 5.74) is 0.128. The van der Waals surface area contributed by atoms with E-state index in [9.17, 15) is 18.0 Å². The molecule has 21 heavy (non-hydrogen) atoms. The molecule has 0 aliphatic heterocycles. The van der Waals surface area contributed by atoms with Gasteiger partial charge in [0.05, 0.1) is 0 Å². The van der Waals surface area contributed by atoms with Crippen LogP contribution in [0.4, 0.5) is 13.2 Å². The molecule has 1 amide bonds. The zero-order valence-corrected chi connectivity index (χ0v) is 13.3. The van der Waals surface area contributed by atoms with Crippen LogP contribution >= 0.6 is 0 Å². The van der Waals surface area contributed by atoms with Gasteiger partial charge in [0, 0.05) is 0 Å². The molecule has 0 bridgehead atoms. The van der Waals surface area contributed by atoms with Crippen molar-refractivity contribution in [2.24, 2.45) is 0 Å². The summed E-state index contributed by atoms with van der Waals surface area (Å²) < 4.78 is 38.7. The molecule has 2 nitrogen and oxygen atoms in total. The van der Waals surface area contributed by atoms with Crippen LogP contribution in [0.3, 0.4) is 0 Å². The second-order valence-electron chi connectivity index (χ2n) is 4.44. The van der Waals surface area contributed by atoms with Crippen molar-refractivity contribution < 1.29 is 18.0 Å². The van der Waals surface area contributed by atoms with Gasteiger partial charge in [-0.3, -0.25) is 0 Å². The quantitative estimate of drug-likeness (QED) is 0.836. The molecule has 0 heterocycles. The molecule has 1 N–H and O–H groups in total. The summed E-state index contributed by atoms with van der Waals surface area (Å²) in [6.07, 6.45) is -4.38. The normalized spacial score (nSPS) is 11.2. The third kappa shape index (κ3) is 4.36. The predicted octanol–water partition coefficient (Wildman–Crippen LogP) is 1.69. The SMILES string of the molecule is O=C(NCc1cccc(C(F)(F)F)c1)c1c[c]cc([AsH2])c1. The summed E-state index contributed by atoms with van der Waals surface area (Å²) in [6, 6.07) is 12.8. The maximum absolute atomic E-state index is 12.6. The summed E-state index contributed by atoms with van der Waals surface area (Å²) in [5, 5.41) is 2.60. The fourth-order valence-electron chi connectivity index (χ4n) is 1.76. The van der Waals surface area contributed by atoms with Crippen LogP contribution in [0.2, 0.25) is 0 Å². The monoisotopic (exact) mass is 354 g/mol. The Morgan fingerprint density at radius 2 is 2.00 bits per heavy atom. The van der Waals surface area contributed by atoms with Gasteiger partial charge in [-0.2, -0.15) is 0 Å². The van der Waals surface area contributed by atoms with E-state index < -0.39 is 11.7 Å². The van der Waals surface area contributed by atoms with Gasteiger partial charge in [-0.1, -0.05) is 0 Å². The first kappa shape index (κ1) is 15.6. The minimum absolute atomic E-state index is 0.0435. The molecule has 2 aromatic carbocycles. The van der Waals surface area contributed by atoms with Crippen molar-refractivity contribution in [3.63, 3.8) is 0 Å². The van der Waals surface area contributed by atoms with E-state index in [-0.39, 0.29) is 12.5 Å². The Bertz CT molecular complexity index is 655. The fraction of sp³-hybridized carbons (Fsp3) is 0.133. The number of amides is 1. The van der Waals surface area contributed by atoms with Crippen LogP contribution in [0.1, 0.15) is 21.5 Å². The Morgan fingerprint density at radius 3 is 2.67 bits per heavy atom. The van der Waals surface area contributed by atoms with Crippen molar-refractivity contribution in [2.45, 2.75) is 12.7 Å². The van der Waals surface area contributed by atoms with E-state index in [4.69, 9.17) is 0 Å². The van der Waals surface area contributed by atoms with Gasteiger partial charge in [0.2, 0.25) is 0 Å². The van der Waals surface area contributed by atoms with Crippen LogP contribution in [0.25, 0.3) is 0 Å². The minimum atomic E-state index is -4.38. The molecule has 0 spiro atoms. The van der Waals surface area contributed by atoms with Crippen LogP contribution in [0.5, 0.6) is 0 Å². The van der Waals surface area contributed by atoms with Crippen molar-refractivity contribution >= 4 is 27.1 Å². The van der Waals surface area contributed by atoms with Crippen molar-refractivity contribution in [3.05, 3.63) is 65.2 Å². The molecule has 1 radical (unpaired) electrons. The van der Waals surface area contributed by atoms with E-state index in [0.29, 0.717) is 11.1 Å². The number of hydrogen-bond acceptors (Lipinski definition) is 1. The molecular formula is C15H12AsF3NO. The van der Waals surface area contributed by atoms with Crippen LogP contribution in [0, 0.1) is 6.07 Å². The summed E-state index contributed by atoms with van der Waals surface area (Å²) in [6.45, 7) is 0.0435. The number of halogens is 3. The third-order valence-electron chi connectivity index (χ3n) is 2.78. The van der Waals surface area contributed by atoms with Crippen molar-refractivity contribution in [2.75, 3.05) is 0 Å². The van der Waals surface area contributed by atoms with E-state index >= 15 is 0 Å². The topological polar surface area (TPSA) is 29.1 Å². The Morgan fingerprint density at radius 1 is 1.24 bits per heavy atom. The molecule has 0 saturated carbocycles. The number of benzene rings is 2. The van der Waals surface area contributed by atoms with Gasteiger partial charge >= 0.3 is 128 Å². The number of rotatable bonds is 3. The standard InChI is InChI=1S/C15H12AsF3NO/c16-13-6-2-4-11(8-13)14(21)20-9-10-3-1-5-12(7-10)15(17,18)19/h1,3-8H,9,16H2,(H,20,21). The summed E-state index contributed by atoms with van der Waals surface area (Å²) in [5.74, 6) is -0.330. The second-order valence-corrected chi connectivity index (χ2v) is 5.83. The van der Waals surface area contributed by atoms with Gasteiger partial charge in [-0.15, -0.1) is 0 Å². The molecule has 0 fully saturated rings. The Labute approximate surface area is 128 Å². The number of hydrogen-bond donors (Lipinski definition) is 1. The summed E-state index contributed by atoms with van der Waals surface area (Å²) in [7, 11) is 0. The molecule has 0 saturated heterocycles. The van der Waals surface area contributed by atoms with E-state index in [0.717, 1.165) is 16.5 Å². The molecular weight excluding hydrogens is 342 g/mol. The Balaban J connectivity index is 2.05. The van der Waals surface area contributed by atoms with Gasteiger partial charge in [-0.25, -0.2) is 0 Å². The van der Waals surface area contributed by atoms with E-state index in [1.165, 1.54) is 22.9 Å². The number of nitrogens with one attached hydrogen (secondary N) is 1. The van der Waals surface area contributed by atoms with Gasteiger partial charge in [-0.05, 0) is 0 Å². The number of carbonyl (C=O) groups is 1. The molecule has 1 atom stereocenters. The van der Waals surface area contributed by atoms with E-state index in [2.05, 4.69) is 11.4 Å². The average Bonchev–Trinajstić information content (AvgIpc) is 2.44. The zero-order valence-electron chi connectivity index (χ0n) is 10.9. The van der Waals surface area contributed by atoms with Crippen LogP contribution in [-0.2, 0) is 12.7 Å². The first-order valence-electron chi connectivity index (χ1n) is 6.07. The molecule has 0 aliphatic carbocycles. The zero-order chi connectivity index (χ0) is 15.5. The van der Waals surface area contributed by atoms with Gasteiger partial charge < -0.3 is 0 Å². The van der Waals surface area contributed by atoms with Crippen LogP contribution in [-0.4, -0.2) is 22.8 Å². The molecule has 6 heteroatoms. The molecule has 109 valence electrons. The average molecular weight is 354 g/mol. The molecule has 2 rings (SSSR count). The summed E-state index contributed by atoms with van der Waals surface area (Å²) in [4.78, 5) is 11.9. The predicted molar refractivity (Wildman–Crippen MR) is 76.1 cm³/mol.